The lowest BCUT2D eigenvalue weighted by Gasteiger charge is -2.31. The zero-order valence-corrected chi connectivity index (χ0v) is 10.8. The summed E-state index contributed by atoms with van der Waals surface area (Å²) in [7, 11) is 1.80. The molecule has 0 amide bonds. The van der Waals surface area contributed by atoms with Crippen molar-refractivity contribution in [1.29, 1.82) is 0 Å². The molecule has 0 aliphatic carbocycles. The van der Waals surface area contributed by atoms with Gasteiger partial charge in [0.05, 0.1) is 6.26 Å². The van der Waals surface area contributed by atoms with Crippen LogP contribution in [-0.4, -0.2) is 28.6 Å². The quantitative estimate of drug-likeness (QED) is 0.902. The number of likely N-dealkylation sites (N-methyl/N-ethyl adjacent to an activating group) is 1. The van der Waals surface area contributed by atoms with Gasteiger partial charge in [0.1, 0.15) is 11.1 Å². The summed E-state index contributed by atoms with van der Waals surface area (Å²) in [6.07, 6.45) is 1.69. The fraction of sp³-hybridized carbons (Fsp3) is 0.357. The lowest BCUT2D eigenvalue weighted by Crippen LogP contribution is -2.47. The number of benzene rings is 1. The van der Waals surface area contributed by atoms with E-state index in [-0.39, 0.29) is 0 Å². The number of furan rings is 1. The summed E-state index contributed by atoms with van der Waals surface area (Å²) < 4.78 is 5.45. The van der Waals surface area contributed by atoms with Gasteiger partial charge in [-0.3, -0.25) is 9.69 Å². The highest BCUT2D eigenvalue weighted by Gasteiger charge is 2.32. The Hall–Kier alpha value is -1.81. The third-order valence-corrected chi connectivity index (χ3v) is 3.45. The van der Waals surface area contributed by atoms with Crippen LogP contribution in [0.1, 0.15) is 19.4 Å². The van der Waals surface area contributed by atoms with Crippen LogP contribution in [-0.2, 0) is 11.3 Å². The Morgan fingerprint density at radius 2 is 2.06 bits per heavy atom. The second-order valence-electron chi connectivity index (χ2n) is 4.98. The first-order valence-electron chi connectivity index (χ1n) is 5.82. The van der Waals surface area contributed by atoms with Crippen molar-refractivity contribution < 1.29 is 14.3 Å². The molecule has 0 bridgehead atoms. The first-order valence-corrected chi connectivity index (χ1v) is 5.82. The monoisotopic (exact) mass is 247 g/mol. The van der Waals surface area contributed by atoms with E-state index < -0.39 is 11.5 Å². The van der Waals surface area contributed by atoms with Crippen LogP contribution in [0.3, 0.4) is 0 Å². The fourth-order valence-electron chi connectivity index (χ4n) is 1.77. The molecule has 0 saturated heterocycles. The summed E-state index contributed by atoms with van der Waals surface area (Å²) in [6.45, 7) is 3.92. The lowest BCUT2D eigenvalue weighted by molar-refractivity contribution is -0.148. The van der Waals surface area contributed by atoms with Gasteiger partial charge in [-0.1, -0.05) is 18.2 Å². The molecule has 2 aromatic rings. The average molecular weight is 247 g/mol. The normalized spacial score (nSPS) is 12.2. The third-order valence-electron chi connectivity index (χ3n) is 3.45. The molecule has 4 nitrogen and oxygen atoms in total. The molecule has 0 unspecified atom stereocenters. The number of hydrogen-bond acceptors (Lipinski definition) is 3. The van der Waals surface area contributed by atoms with Crippen LogP contribution in [0.4, 0.5) is 0 Å². The minimum atomic E-state index is -0.904. The highest BCUT2D eigenvalue weighted by atomic mass is 16.4. The van der Waals surface area contributed by atoms with E-state index in [0.717, 1.165) is 16.5 Å². The number of carboxylic acids is 1. The molecular weight excluding hydrogens is 230 g/mol. The molecule has 2 rings (SSSR count). The number of fused-ring (bicyclic) bond motifs is 1. The Labute approximate surface area is 106 Å². The van der Waals surface area contributed by atoms with Crippen LogP contribution in [0, 0.1) is 0 Å². The van der Waals surface area contributed by atoms with Crippen LogP contribution in [0.15, 0.2) is 34.9 Å². The number of nitrogens with zero attached hydrogens (tertiary/aromatic N) is 1. The molecular formula is C14H17NO3. The number of aliphatic carboxylic acids is 1. The standard InChI is InChI=1S/C14H17NO3/c1-14(2,13(16)17)15(3)8-10-9-18-12-7-5-4-6-11(10)12/h4-7,9H,8H2,1-3H3,(H,16,17). The smallest absolute Gasteiger partial charge is 0.323 e. The number of carbonyl (C=O) groups is 1. The van der Waals surface area contributed by atoms with Gasteiger partial charge in [-0.15, -0.1) is 0 Å². The highest BCUT2D eigenvalue weighted by Crippen LogP contribution is 2.24. The van der Waals surface area contributed by atoms with Crippen molar-refractivity contribution in [2.75, 3.05) is 7.05 Å². The summed E-state index contributed by atoms with van der Waals surface area (Å²) in [4.78, 5) is 13.0. The van der Waals surface area contributed by atoms with Crippen molar-refractivity contribution in [3.8, 4) is 0 Å². The number of carboxylic acid groups (broad SMARTS) is 1. The van der Waals surface area contributed by atoms with E-state index in [9.17, 15) is 9.90 Å². The molecule has 0 aliphatic heterocycles. The van der Waals surface area contributed by atoms with E-state index in [4.69, 9.17) is 4.42 Å². The van der Waals surface area contributed by atoms with Gasteiger partial charge in [0.25, 0.3) is 0 Å². The second-order valence-corrected chi connectivity index (χ2v) is 4.98. The molecule has 1 aromatic carbocycles. The zero-order chi connectivity index (χ0) is 13.3. The minimum absolute atomic E-state index is 0.538. The molecule has 1 heterocycles. The molecule has 0 spiro atoms. The molecule has 0 radical (unpaired) electrons. The Morgan fingerprint density at radius 3 is 2.72 bits per heavy atom. The van der Waals surface area contributed by atoms with Gasteiger partial charge >= 0.3 is 5.97 Å². The molecule has 4 heteroatoms. The van der Waals surface area contributed by atoms with Gasteiger partial charge in [-0.25, -0.2) is 0 Å². The molecule has 1 aromatic heterocycles. The SMILES string of the molecule is CN(Cc1coc2ccccc12)C(C)(C)C(=O)O. The molecule has 0 atom stereocenters. The van der Waals surface area contributed by atoms with E-state index in [1.807, 2.05) is 24.3 Å². The van der Waals surface area contributed by atoms with E-state index in [1.165, 1.54) is 0 Å². The van der Waals surface area contributed by atoms with Gasteiger partial charge in [0.15, 0.2) is 0 Å². The molecule has 18 heavy (non-hydrogen) atoms. The summed E-state index contributed by atoms with van der Waals surface area (Å²) in [5, 5.41) is 10.2. The van der Waals surface area contributed by atoms with Crippen molar-refractivity contribution >= 4 is 16.9 Å². The van der Waals surface area contributed by atoms with Crippen LogP contribution in [0.5, 0.6) is 0 Å². The summed E-state index contributed by atoms with van der Waals surface area (Å²) >= 11 is 0. The van der Waals surface area contributed by atoms with E-state index in [1.54, 1.807) is 32.1 Å². The number of para-hydroxylation sites is 1. The summed E-state index contributed by atoms with van der Waals surface area (Å²) in [5.41, 5.74) is 0.926. The molecule has 0 saturated carbocycles. The van der Waals surface area contributed by atoms with Crippen molar-refractivity contribution in [1.82, 2.24) is 4.90 Å². The maximum atomic E-state index is 11.2. The Morgan fingerprint density at radius 1 is 1.39 bits per heavy atom. The van der Waals surface area contributed by atoms with E-state index in [0.29, 0.717) is 6.54 Å². The predicted octanol–water partition coefficient (Wildman–Crippen LogP) is 2.73. The summed E-state index contributed by atoms with van der Waals surface area (Å²) in [5.74, 6) is -0.835. The van der Waals surface area contributed by atoms with E-state index in [2.05, 4.69) is 0 Å². The minimum Gasteiger partial charge on any atom is -0.480 e. The zero-order valence-electron chi connectivity index (χ0n) is 10.8. The highest BCUT2D eigenvalue weighted by molar-refractivity contribution is 5.81. The average Bonchev–Trinajstić information content (AvgIpc) is 2.72. The number of rotatable bonds is 4. The Balaban J connectivity index is 2.27. The van der Waals surface area contributed by atoms with Gasteiger partial charge in [0.2, 0.25) is 0 Å². The van der Waals surface area contributed by atoms with Crippen molar-refractivity contribution in [3.63, 3.8) is 0 Å². The van der Waals surface area contributed by atoms with E-state index >= 15 is 0 Å². The van der Waals surface area contributed by atoms with Gasteiger partial charge < -0.3 is 9.52 Å². The first kappa shape index (κ1) is 12.6. The molecule has 0 aliphatic rings. The van der Waals surface area contributed by atoms with Crippen LogP contribution in [0.2, 0.25) is 0 Å². The maximum Gasteiger partial charge on any atom is 0.323 e. The molecule has 0 fully saturated rings. The lowest BCUT2D eigenvalue weighted by atomic mass is 10.0. The Bertz CT molecular complexity index is 571. The van der Waals surface area contributed by atoms with Crippen molar-refractivity contribution in [2.45, 2.75) is 25.9 Å². The predicted molar refractivity (Wildman–Crippen MR) is 69.4 cm³/mol. The first-order chi connectivity index (χ1) is 8.43. The van der Waals surface area contributed by atoms with Gasteiger partial charge in [0, 0.05) is 17.5 Å². The summed E-state index contributed by atoms with van der Waals surface area (Å²) in [6, 6.07) is 7.75. The van der Waals surface area contributed by atoms with Crippen molar-refractivity contribution in [3.05, 3.63) is 36.1 Å². The second kappa shape index (κ2) is 4.46. The fourth-order valence-corrected chi connectivity index (χ4v) is 1.77. The van der Waals surface area contributed by atoms with Gasteiger partial charge in [-0.2, -0.15) is 0 Å². The maximum absolute atomic E-state index is 11.2. The van der Waals surface area contributed by atoms with Crippen LogP contribution in [0.25, 0.3) is 11.0 Å². The number of hydrogen-bond donors (Lipinski definition) is 1. The third kappa shape index (κ3) is 2.11. The largest absolute Gasteiger partial charge is 0.480 e. The van der Waals surface area contributed by atoms with Crippen molar-refractivity contribution in [2.24, 2.45) is 0 Å². The topological polar surface area (TPSA) is 53.7 Å². The molecule has 1 N–H and O–H groups in total. The van der Waals surface area contributed by atoms with Crippen LogP contribution >= 0.6 is 0 Å². The molecule has 96 valence electrons. The Kier molecular flexibility index (Phi) is 3.13. The van der Waals surface area contributed by atoms with Gasteiger partial charge in [-0.05, 0) is 27.0 Å². The van der Waals surface area contributed by atoms with Crippen LogP contribution < -0.4 is 0 Å².